The molecule has 0 fully saturated rings. The van der Waals surface area contributed by atoms with E-state index in [9.17, 15) is 9.59 Å². The maximum Gasteiger partial charge on any atom is 0.255 e. The SMILES string of the molecule is CNC(=O)c1cccc2c(Nc3ccc(NC(=O)c4ccccc4)cc3)ncnc12. The van der Waals surface area contributed by atoms with Gasteiger partial charge in [-0.05, 0) is 48.5 Å². The number of carbonyl (C=O) groups excluding carboxylic acids is 2. The van der Waals surface area contributed by atoms with Crippen molar-refractivity contribution in [1.29, 1.82) is 0 Å². The molecule has 2 amide bonds. The van der Waals surface area contributed by atoms with E-state index < -0.39 is 0 Å². The number of benzene rings is 3. The average molecular weight is 397 g/mol. The van der Waals surface area contributed by atoms with Gasteiger partial charge in [-0.25, -0.2) is 9.97 Å². The molecule has 4 rings (SSSR count). The van der Waals surface area contributed by atoms with Gasteiger partial charge in [0.15, 0.2) is 0 Å². The van der Waals surface area contributed by atoms with Gasteiger partial charge in [-0.3, -0.25) is 9.59 Å². The molecule has 0 spiro atoms. The molecule has 0 aliphatic carbocycles. The fourth-order valence-electron chi connectivity index (χ4n) is 3.07. The van der Waals surface area contributed by atoms with Crippen molar-refractivity contribution in [2.45, 2.75) is 0 Å². The molecule has 0 unspecified atom stereocenters. The van der Waals surface area contributed by atoms with Crippen LogP contribution >= 0.6 is 0 Å². The van der Waals surface area contributed by atoms with Crippen LogP contribution in [0, 0.1) is 0 Å². The zero-order valence-corrected chi connectivity index (χ0v) is 16.2. The number of anilines is 3. The first-order valence-electron chi connectivity index (χ1n) is 9.35. The third-order valence-electron chi connectivity index (χ3n) is 4.58. The van der Waals surface area contributed by atoms with E-state index in [1.165, 1.54) is 6.33 Å². The second kappa shape index (κ2) is 8.40. The van der Waals surface area contributed by atoms with Crippen molar-refractivity contribution in [3.63, 3.8) is 0 Å². The lowest BCUT2D eigenvalue weighted by Gasteiger charge is -2.11. The van der Waals surface area contributed by atoms with Gasteiger partial charge in [0.25, 0.3) is 11.8 Å². The third-order valence-corrected chi connectivity index (χ3v) is 4.58. The Morgan fingerprint density at radius 1 is 0.767 bits per heavy atom. The van der Waals surface area contributed by atoms with E-state index in [0.29, 0.717) is 28.1 Å². The Labute approximate surface area is 173 Å². The van der Waals surface area contributed by atoms with Crippen molar-refractivity contribution in [1.82, 2.24) is 15.3 Å². The van der Waals surface area contributed by atoms with Gasteiger partial charge in [0.2, 0.25) is 0 Å². The first-order chi connectivity index (χ1) is 14.7. The van der Waals surface area contributed by atoms with E-state index in [0.717, 1.165) is 11.1 Å². The number of nitrogens with zero attached hydrogens (tertiary/aromatic N) is 2. The summed E-state index contributed by atoms with van der Waals surface area (Å²) in [5.41, 5.74) is 3.13. The minimum atomic E-state index is -0.205. The highest BCUT2D eigenvalue weighted by atomic mass is 16.2. The molecule has 1 aromatic heterocycles. The molecule has 0 aliphatic heterocycles. The van der Waals surface area contributed by atoms with E-state index in [1.54, 1.807) is 31.3 Å². The molecule has 0 saturated carbocycles. The summed E-state index contributed by atoms with van der Waals surface area (Å²) >= 11 is 0. The molecule has 1 heterocycles. The largest absolute Gasteiger partial charge is 0.355 e. The lowest BCUT2D eigenvalue weighted by atomic mass is 10.1. The smallest absolute Gasteiger partial charge is 0.255 e. The molecule has 0 bridgehead atoms. The lowest BCUT2D eigenvalue weighted by Crippen LogP contribution is -2.18. The highest BCUT2D eigenvalue weighted by Gasteiger charge is 2.12. The zero-order valence-electron chi connectivity index (χ0n) is 16.2. The standard InChI is InChI=1S/C23H19N5O2/c1-24-23(30)19-9-5-8-18-20(19)25-14-26-21(18)27-16-10-12-17(13-11-16)28-22(29)15-6-3-2-4-7-15/h2-14H,1H3,(H,24,30)(H,28,29)(H,25,26,27). The van der Waals surface area contributed by atoms with Crippen LogP contribution in [-0.4, -0.2) is 28.8 Å². The molecular formula is C23H19N5O2. The molecule has 7 heteroatoms. The summed E-state index contributed by atoms with van der Waals surface area (Å²) in [6, 6.07) is 21.7. The predicted molar refractivity (Wildman–Crippen MR) is 117 cm³/mol. The summed E-state index contributed by atoms with van der Waals surface area (Å²) in [5.74, 6) is 0.218. The van der Waals surface area contributed by atoms with Crippen LogP contribution in [0.25, 0.3) is 10.9 Å². The summed E-state index contributed by atoms with van der Waals surface area (Å²) in [6.07, 6.45) is 1.42. The van der Waals surface area contributed by atoms with Gasteiger partial charge >= 0.3 is 0 Å². The van der Waals surface area contributed by atoms with Crippen molar-refractivity contribution >= 4 is 39.9 Å². The van der Waals surface area contributed by atoms with Crippen LogP contribution in [-0.2, 0) is 0 Å². The van der Waals surface area contributed by atoms with Crippen molar-refractivity contribution in [3.8, 4) is 0 Å². The molecule has 0 saturated heterocycles. The molecule has 3 aromatic carbocycles. The number of aromatic nitrogens is 2. The van der Waals surface area contributed by atoms with Crippen LogP contribution in [0.5, 0.6) is 0 Å². The van der Waals surface area contributed by atoms with Gasteiger partial charge in [0.1, 0.15) is 12.1 Å². The maximum atomic E-state index is 12.3. The van der Waals surface area contributed by atoms with E-state index >= 15 is 0 Å². The van der Waals surface area contributed by atoms with Gasteiger partial charge in [0, 0.05) is 29.4 Å². The second-order valence-electron chi connectivity index (χ2n) is 6.53. The minimum Gasteiger partial charge on any atom is -0.355 e. The highest BCUT2D eigenvalue weighted by molar-refractivity contribution is 6.08. The monoisotopic (exact) mass is 397 g/mol. The first-order valence-corrected chi connectivity index (χ1v) is 9.35. The van der Waals surface area contributed by atoms with Crippen molar-refractivity contribution < 1.29 is 9.59 Å². The zero-order chi connectivity index (χ0) is 20.9. The Bertz CT molecular complexity index is 1210. The fourth-order valence-corrected chi connectivity index (χ4v) is 3.07. The number of carbonyl (C=O) groups is 2. The lowest BCUT2D eigenvalue weighted by molar-refractivity contribution is 0.0963. The molecule has 0 radical (unpaired) electrons. The van der Waals surface area contributed by atoms with Gasteiger partial charge in [0.05, 0.1) is 11.1 Å². The predicted octanol–water partition coefficient (Wildman–Crippen LogP) is 3.99. The van der Waals surface area contributed by atoms with Crippen LogP contribution in [0.3, 0.4) is 0 Å². The normalized spacial score (nSPS) is 10.4. The van der Waals surface area contributed by atoms with Crippen molar-refractivity contribution in [2.24, 2.45) is 0 Å². The van der Waals surface area contributed by atoms with Gasteiger partial charge < -0.3 is 16.0 Å². The van der Waals surface area contributed by atoms with E-state index in [2.05, 4.69) is 25.9 Å². The minimum absolute atomic E-state index is 0.167. The number of hydrogen-bond donors (Lipinski definition) is 3. The molecule has 0 atom stereocenters. The number of hydrogen-bond acceptors (Lipinski definition) is 5. The molecule has 3 N–H and O–H groups in total. The van der Waals surface area contributed by atoms with Crippen LogP contribution in [0.4, 0.5) is 17.2 Å². The maximum absolute atomic E-state index is 12.3. The van der Waals surface area contributed by atoms with Gasteiger partial charge in [-0.2, -0.15) is 0 Å². The molecule has 4 aromatic rings. The van der Waals surface area contributed by atoms with Crippen LogP contribution in [0.15, 0.2) is 79.1 Å². The number of rotatable bonds is 5. The van der Waals surface area contributed by atoms with Crippen molar-refractivity contribution in [2.75, 3.05) is 17.7 Å². The Balaban J connectivity index is 1.54. The number of para-hydroxylation sites is 1. The Morgan fingerprint density at radius 3 is 2.23 bits per heavy atom. The Morgan fingerprint density at radius 2 is 1.50 bits per heavy atom. The summed E-state index contributed by atoms with van der Waals surface area (Å²) in [4.78, 5) is 33.0. The quantitative estimate of drug-likeness (QED) is 0.473. The molecule has 7 nitrogen and oxygen atoms in total. The van der Waals surface area contributed by atoms with Crippen LogP contribution < -0.4 is 16.0 Å². The summed E-state index contributed by atoms with van der Waals surface area (Å²) in [6.45, 7) is 0. The molecule has 0 aliphatic rings. The molecule has 30 heavy (non-hydrogen) atoms. The summed E-state index contributed by atoms with van der Waals surface area (Å²) in [7, 11) is 1.58. The van der Waals surface area contributed by atoms with E-state index in [-0.39, 0.29) is 11.8 Å². The number of nitrogens with one attached hydrogen (secondary N) is 3. The Hall–Kier alpha value is -4.26. The van der Waals surface area contributed by atoms with E-state index in [4.69, 9.17) is 0 Å². The van der Waals surface area contributed by atoms with Crippen LogP contribution in [0.2, 0.25) is 0 Å². The Kier molecular flexibility index (Phi) is 5.34. The van der Waals surface area contributed by atoms with Gasteiger partial charge in [-0.1, -0.05) is 24.3 Å². The fraction of sp³-hybridized carbons (Fsp3) is 0.0435. The topological polar surface area (TPSA) is 96.0 Å². The van der Waals surface area contributed by atoms with Crippen LogP contribution in [0.1, 0.15) is 20.7 Å². The number of amides is 2. The average Bonchev–Trinajstić information content (AvgIpc) is 2.80. The number of fused-ring (bicyclic) bond motifs is 1. The third kappa shape index (κ3) is 3.95. The molecular weight excluding hydrogens is 378 g/mol. The summed E-state index contributed by atoms with van der Waals surface area (Å²) in [5, 5.41) is 9.47. The summed E-state index contributed by atoms with van der Waals surface area (Å²) < 4.78 is 0. The first kappa shape index (κ1) is 19.1. The van der Waals surface area contributed by atoms with Crippen molar-refractivity contribution in [3.05, 3.63) is 90.3 Å². The van der Waals surface area contributed by atoms with Gasteiger partial charge in [-0.15, -0.1) is 0 Å². The second-order valence-corrected chi connectivity index (χ2v) is 6.53. The highest BCUT2D eigenvalue weighted by Crippen LogP contribution is 2.26. The van der Waals surface area contributed by atoms with E-state index in [1.807, 2.05) is 48.5 Å². The molecule has 148 valence electrons.